The normalized spacial score (nSPS) is 11.2. The molecule has 2 N–H and O–H groups in total. The van der Waals surface area contributed by atoms with Gasteiger partial charge in [0.25, 0.3) is 5.91 Å². The monoisotopic (exact) mass is 349 g/mol. The fourth-order valence-corrected chi connectivity index (χ4v) is 1.45. The second-order valence-electron chi connectivity index (χ2n) is 4.14. The fraction of sp³-hybridized carbons (Fsp3) is 0.364. The first-order valence-electron chi connectivity index (χ1n) is 4.73. The van der Waals surface area contributed by atoms with Gasteiger partial charge in [-0.15, -0.1) is 0 Å². The molecular weight excluding hydrogens is 338 g/mol. The van der Waals surface area contributed by atoms with E-state index in [2.05, 4.69) is 37.2 Å². The summed E-state index contributed by atoms with van der Waals surface area (Å²) in [6.07, 6.45) is 0. The van der Waals surface area contributed by atoms with Crippen LogP contribution in [0.3, 0.4) is 0 Å². The summed E-state index contributed by atoms with van der Waals surface area (Å²) < 4.78 is 0.573. The highest BCUT2D eigenvalue weighted by molar-refractivity contribution is 9.10. The molecule has 0 atom stereocenters. The smallest absolute Gasteiger partial charge is 0.251 e. The highest BCUT2D eigenvalue weighted by Crippen LogP contribution is 2.24. The number of carbonyl (C=O) groups is 1. The Morgan fingerprint density at radius 1 is 1.50 bits per heavy atom. The van der Waals surface area contributed by atoms with Crippen molar-refractivity contribution in [3.05, 3.63) is 28.2 Å². The lowest BCUT2D eigenvalue weighted by atomic mass is 10.1. The number of carbonyl (C=O) groups excluding carboxylic acids is 1. The lowest BCUT2D eigenvalue weighted by molar-refractivity contribution is 0.0921. The van der Waals surface area contributed by atoms with E-state index < -0.39 is 0 Å². The maximum Gasteiger partial charge on any atom is 0.251 e. The van der Waals surface area contributed by atoms with E-state index in [1.54, 1.807) is 12.1 Å². The van der Waals surface area contributed by atoms with Crippen LogP contribution in [0.15, 0.2) is 22.7 Å². The quantitative estimate of drug-likeness (QED) is 0.823. The molecule has 0 unspecified atom stereocenters. The summed E-state index contributed by atoms with van der Waals surface area (Å²) in [5.74, 6) is -0.142. The number of phenols is 1. The Labute approximate surface area is 111 Å². The molecule has 0 aromatic heterocycles. The van der Waals surface area contributed by atoms with Crippen LogP contribution in [-0.4, -0.2) is 21.9 Å². The molecule has 16 heavy (non-hydrogen) atoms. The van der Waals surface area contributed by atoms with Gasteiger partial charge in [-0.2, -0.15) is 0 Å². The first-order chi connectivity index (χ1) is 7.35. The van der Waals surface area contributed by atoms with Gasteiger partial charge in [0.2, 0.25) is 0 Å². The van der Waals surface area contributed by atoms with Crippen LogP contribution in [0.2, 0.25) is 0 Å². The van der Waals surface area contributed by atoms with E-state index in [0.29, 0.717) is 15.4 Å². The van der Waals surface area contributed by atoms with Crippen LogP contribution in [0.25, 0.3) is 0 Å². The molecule has 1 rings (SSSR count). The number of aromatic hydroxyl groups is 1. The average Bonchev–Trinajstić information content (AvgIpc) is 2.21. The Bertz CT molecular complexity index is 405. The zero-order valence-corrected chi connectivity index (χ0v) is 12.2. The first-order valence-corrected chi connectivity index (χ1v) is 6.64. The third kappa shape index (κ3) is 3.49. The van der Waals surface area contributed by atoms with Crippen molar-refractivity contribution in [3.63, 3.8) is 0 Å². The van der Waals surface area contributed by atoms with Crippen LogP contribution >= 0.6 is 31.9 Å². The van der Waals surface area contributed by atoms with E-state index in [0.717, 1.165) is 0 Å². The molecule has 0 fully saturated rings. The highest BCUT2D eigenvalue weighted by Gasteiger charge is 2.19. The summed E-state index contributed by atoms with van der Waals surface area (Å²) in [6, 6.07) is 4.73. The fourth-order valence-electron chi connectivity index (χ4n) is 1.07. The Kier molecular flexibility index (Phi) is 4.38. The third-order valence-electron chi connectivity index (χ3n) is 1.99. The molecule has 88 valence electrons. The minimum atomic E-state index is -0.320. The van der Waals surface area contributed by atoms with Crippen LogP contribution in [0, 0.1) is 0 Å². The van der Waals surface area contributed by atoms with Crippen molar-refractivity contribution in [1.29, 1.82) is 0 Å². The number of phenolic OH excluding ortho intramolecular Hbond substituents is 1. The Morgan fingerprint density at radius 3 is 2.62 bits per heavy atom. The van der Waals surface area contributed by atoms with Crippen molar-refractivity contribution in [2.24, 2.45) is 0 Å². The van der Waals surface area contributed by atoms with Gasteiger partial charge in [0.15, 0.2) is 0 Å². The summed E-state index contributed by atoms with van der Waals surface area (Å²) in [4.78, 5) is 11.8. The average molecular weight is 351 g/mol. The van der Waals surface area contributed by atoms with Gasteiger partial charge in [-0.1, -0.05) is 15.9 Å². The summed E-state index contributed by atoms with van der Waals surface area (Å²) >= 11 is 6.49. The van der Waals surface area contributed by atoms with E-state index in [4.69, 9.17) is 0 Å². The second-order valence-corrected chi connectivity index (χ2v) is 5.55. The van der Waals surface area contributed by atoms with Crippen molar-refractivity contribution < 1.29 is 9.90 Å². The van der Waals surface area contributed by atoms with E-state index >= 15 is 0 Å². The van der Waals surface area contributed by atoms with Crippen molar-refractivity contribution in [2.45, 2.75) is 19.4 Å². The molecular formula is C11H13Br2NO2. The van der Waals surface area contributed by atoms with Crippen LogP contribution in [0.5, 0.6) is 5.75 Å². The summed E-state index contributed by atoms with van der Waals surface area (Å²) in [5, 5.41) is 13.0. The van der Waals surface area contributed by atoms with Crippen LogP contribution in [0.4, 0.5) is 0 Å². The predicted molar refractivity (Wildman–Crippen MR) is 71.1 cm³/mol. The Balaban J connectivity index is 2.85. The van der Waals surface area contributed by atoms with Crippen molar-refractivity contribution in [3.8, 4) is 5.75 Å². The van der Waals surface area contributed by atoms with Gasteiger partial charge >= 0.3 is 0 Å². The van der Waals surface area contributed by atoms with Crippen LogP contribution < -0.4 is 5.32 Å². The molecule has 1 aromatic rings. The number of amides is 1. The largest absolute Gasteiger partial charge is 0.507 e. The molecule has 1 amide bonds. The minimum Gasteiger partial charge on any atom is -0.507 e. The van der Waals surface area contributed by atoms with Gasteiger partial charge in [-0.3, -0.25) is 4.79 Å². The topological polar surface area (TPSA) is 49.3 Å². The van der Waals surface area contributed by atoms with Crippen molar-refractivity contribution >= 4 is 37.8 Å². The van der Waals surface area contributed by atoms with Crippen molar-refractivity contribution in [1.82, 2.24) is 5.32 Å². The number of hydrogen-bond acceptors (Lipinski definition) is 2. The third-order valence-corrected chi connectivity index (χ3v) is 4.07. The molecule has 0 aliphatic rings. The zero-order chi connectivity index (χ0) is 12.3. The van der Waals surface area contributed by atoms with Gasteiger partial charge in [-0.05, 0) is 48.0 Å². The number of nitrogens with one attached hydrogen (secondary N) is 1. The maximum atomic E-state index is 11.8. The predicted octanol–water partition coefficient (Wildman–Crippen LogP) is 3.06. The zero-order valence-electron chi connectivity index (χ0n) is 9.05. The lowest BCUT2D eigenvalue weighted by Gasteiger charge is -2.23. The number of benzene rings is 1. The van der Waals surface area contributed by atoms with Gasteiger partial charge in [0.05, 0.1) is 4.47 Å². The van der Waals surface area contributed by atoms with E-state index in [1.165, 1.54) is 6.07 Å². The second kappa shape index (κ2) is 5.19. The summed E-state index contributed by atoms with van der Waals surface area (Å²) in [6.45, 7) is 3.83. The lowest BCUT2D eigenvalue weighted by Crippen LogP contribution is -2.44. The molecule has 0 saturated carbocycles. The maximum absolute atomic E-state index is 11.8. The van der Waals surface area contributed by atoms with Gasteiger partial charge < -0.3 is 10.4 Å². The van der Waals surface area contributed by atoms with Gasteiger partial charge in [-0.25, -0.2) is 0 Å². The molecule has 0 aliphatic carbocycles. The Morgan fingerprint density at radius 2 is 2.12 bits per heavy atom. The van der Waals surface area contributed by atoms with Crippen molar-refractivity contribution in [2.75, 3.05) is 5.33 Å². The van der Waals surface area contributed by atoms with E-state index in [9.17, 15) is 9.90 Å². The Hall–Kier alpha value is -0.550. The molecule has 3 nitrogen and oxygen atoms in total. The molecule has 0 saturated heterocycles. The molecule has 1 aromatic carbocycles. The molecule has 0 spiro atoms. The molecule has 0 bridgehead atoms. The van der Waals surface area contributed by atoms with Gasteiger partial charge in [0, 0.05) is 16.4 Å². The summed E-state index contributed by atoms with van der Waals surface area (Å²) in [7, 11) is 0. The molecule has 5 heteroatoms. The van der Waals surface area contributed by atoms with Crippen LogP contribution in [-0.2, 0) is 0 Å². The summed E-state index contributed by atoms with van der Waals surface area (Å²) in [5.41, 5.74) is 0.120. The first kappa shape index (κ1) is 13.5. The highest BCUT2D eigenvalue weighted by atomic mass is 79.9. The number of hydrogen-bond donors (Lipinski definition) is 2. The van der Waals surface area contributed by atoms with Crippen LogP contribution in [0.1, 0.15) is 24.2 Å². The molecule has 0 radical (unpaired) electrons. The van der Waals surface area contributed by atoms with E-state index in [1.807, 2.05) is 13.8 Å². The number of halogens is 2. The SMILES string of the molecule is CC(C)(CBr)NC(=O)c1ccc(Br)c(O)c1. The van der Waals surface area contributed by atoms with E-state index in [-0.39, 0.29) is 17.2 Å². The minimum absolute atomic E-state index is 0.0595. The number of rotatable bonds is 3. The number of alkyl halides is 1. The molecule has 0 heterocycles. The standard InChI is InChI=1S/C11H13Br2NO2/c1-11(2,6-12)14-10(16)7-3-4-8(13)9(15)5-7/h3-5,15H,6H2,1-2H3,(H,14,16). The molecule has 0 aliphatic heterocycles. The van der Waals surface area contributed by atoms with Gasteiger partial charge in [0.1, 0.15) is 5.75 Å².